The largest absolute Gasteiger partial charge is 0.326 e. The van der Waals surface area contributed by atoms with Crippen LogP contribution in [0.25, 0.3) is 12.2 Å². The van der Waals surface area contributed by atoms with Gasteiger partial charge in [-0.1, -0.05) is 256 Å². The smallest absolute Gasteiger partial charge is 0.163 e. The minimum Gasteiger partial charge on any atom is -0.326 e. The van der Waals surface area contributed by atoms with Gasteiger partial charge in [-0.05, 0) is 252 Å². The van der Waals surface area contributed by atoms with Gasteiger partial charge in [-0.15, -0.1) is 0 Å². The van der Waals surface area contributed by atoms with Crippen molar-refractivity contribution < 1.29 is 43.2 Å². The Balaban J connectivity index is -0.000000412. The Hall–Kier alpha value is -7.98. The molecule has 0 N–H and O–H groups in total. The molecule has 0 bridgehead atoms. The van der Waals surface area contributed by atoms with Crippen LogP contribution in [-0.2, 0) is 59.8 Å². The molecule has 16 nitrogen and oxygen atoms in total. The second-order valence-corrected chi connectivity index (χ2v) is 44.6. The zero-order valence-electron chi connectivity index (χ0n) is 86.7. The van der Waals surface area contributed by atoms with E-state index in [0.717, 1.165) is 104 Å². The van der Waals surface area contributed by atoms with E-state index in [1.165, 1.54) is 18.9 Å². The third-order valence-corrected chi connectivity index (χ3v) is 18.6. The first-order chi connectivity index (χ1) is 55.3. The molecule has 1 unspecified atom stereocenters. The molecule has 0 amide bonds. The highest BCUT2D eigenvalue weighted by Crippen LogP contribution is 2.34. The zero-order chi connectivity index (χ0) is 97.9. The highest BCUT2D eigenvalue weighted by atomic mass is 16.2. The van der Waals surface area contributed by atoms with E-state index in [9.17, 15) is 43.2 Å². The first kappa shape index (κ1) is 124. The summed E-state index contributed by atoms with van der Waals surface area (Å²) in [6.07, 6.45) is 43.8. The number of aromatic nitrogens is 6. The predicted molar refractivity (Wildman–Crippen MR) is 527 cm³/mol. The standard InChI is InChI=1S/C11H18O.C10H19NO.2C10H16O.2C9H14N2.C9H14O.C9H16O.C8H14N2.C8H14O.C7H14O.C7H12O/c1-11(2,3)10(12)9-7-5-4-6-8-9;1-10(2,3)9(12)7-6-8-11(4)5;1-10(2,3)8-6-4-5-7-9(8)11;1-10(2,3)9(11)8-6-4-5-7-8;1-5-8-10-6-7-11(8)9(2,3)4;1-5-8-6-7-11(10-8)9(2,3)4;1-9(2,3)8(10)7-5-4-6-7;1-7(2)6-8(10)9(3,4)5;1-7-5-6-10(9-7)8(2,3)4;1-5-6-7(9)8(2,3)4;2*1-5-6(8)7(2,3)4/h7H,4-6,8H2,1-3H3;6-7H,8H2,1-5H3;5,7-8H,4,6H2,1-3H3;6H,4-5,7H2,1-3H3;2*5-7H,1H2,2-4H3;5H,4,6H2,1-3H3;6H,1-5H3;5-6H,1-4H3;5-6H,1-4H3;5H2,1-4H3;5H,1H2,2-4H3/b;7-6+;;;;;;;;6-5+;;. The number of carbonyl (C=O) groups excluding carboxylic acids is 9. The van der Waals surface area contributed by atoms with Crippen LogP contribution in [0, 0.1) is 61.6 Å². The van der Waals surface area contributed by atoms with Gasteiger partial charge < -0.3 is 9.47 Å². The second kappa shape index (κ2) is 55.5. The number of likely N-dealkylation sites (N-methyl/N-ethyl adjacent to an activating group) is 1. The molecule has 0 spiro atoms. The summed E-state index contributed by atoms with van der Waals surface area (Å²) in [5.74, 6) is 3.46. The summed E-state index contributed by atoms with van der Waals surface area (Å²) in [6, 6.07) is 3.98. The first-order valence-electron chi connectivity index (χ1n) is 44.5. The molecule has 16 heteroatoms. The lowest BCUT2D eigenvalue weighted by molar-refractivity contribution is -0.126. The van der Waals surface area contributed by atoms with E-state index in [1.54, 1.807) is 48.7 Å². The zero-order valence-corrected chi connectivity index (χ0v) is 86.7. The molecule has 123 heavy (non-hydrogen) atoms. The molecule has 0 saturated heterocycles. The lowest BCUT2D eigenvalue weighted by atomic mass is 9.74. The Kier molecular flexibility index (Phi) is 55.7. The van der Waals surface area contributed by atoms with Crippen molar-refractivity contribution >= 4 is 64.2 Å². The maximum atomic E-state index is 11.8. The summed E-state index contributed by atoms with van der Waals surface area (Å²) in [7, 11) is 3.96. The number of rotatable bonds is 12. The quantitative estimate of drug-likeness (QED) is 0.155. The Morgan fingerprint density at radius 3 is 1.10 bits per heavy atom. The summed E-state index contributed by atoms with van der Waals surface area (Å²) in [6.45, 7) is 93.3. The molecular formula is C107H181N7O9. The summed E-state index contributed by atoms with van der Waals surface area (Å²) >= 11 is 0. The van der Waals surface area contributed by atoms with Gasteiger partial charge in [-0.3, -0.25) is 52.5 Å². The van der Waals surface area contributed by atoms with Crippen molar-refractivity contribution in [1.82, 2.24) is 34.0 Å². The van der Waals surface area contributed by atoms with E-state index in [0.29, 0.717) is 35.3 Å². The fraction of sp³-hybridized carbons (Fsp3) is 0.645. The molecule has 7 rings (SSSR count). The molecule has 0 aromatic carbocycles. The number of nitrogens with zero attached hydrogens (tertiary/aromatic N) is 7. The van der Waals surface area contributed by atoms with Crippen LogP contribution in [0.5, 0.6) is 0 Å². The van der Waals surface area contributed by atoms with Crippen molar-refractivity contribution in [3.8, 4) is 0 Å². The van der Waals surface area contributed by atoms with Gasteiger partial charge in [0.15, 0.2) is 46.3 Å². The topological polar surface area (TPSA) is 210 Å². The monoisotopic (exact) mass is 1710 g/mol. The van der Waals surface area contributed by atoms with Gasteiger partial charge in [0.1, 0.15) is 11.6 Å². The molecule has 698 valence electrons. The second-order valence-electron chi connectivity index (χ2n) is 44.6. The van der Waals surface area contributed by atoms with E-state index in [4.69, 9.17) is 0 Å². The van der Waals surface area contributed by atoms with Crippen LogP contribution >= 0.6 is 0 Å². The fourth-order valence-electron chi connectivity index (χ4n) is 10.4. The lowest BCUT2D eigenvalue weighted by Crippen LogP contribution is -2.28. The molecule has 0 fully saturated rings. The van der Waals surface area contributed by atoms with E-state index >= 15 is 0 Å². The molecule has 3 aromatic rings. The van der Waals surface area contributed by atoms with Crippen molar-refractivity contribution in [2.75, 3.05) is 20.6 Å². The van der Waals surface area contributed by atoms with Crippen LogP contribution < -0.4 is 0 Å². The van der Waals surface area contributed by atoms with Crippen LogP contribution in [0.1, 0.15) is 371 Å². The van der Waals surface area contributed by atoms with Crippen molar-refractivity contribution in [1.29, 1.82) is 0 Å². The number of imidazole rings is 1. The van der Waals surface area contributed by atoms with Gasteiger partial charge in [0.2, 0.25) is 0 Å². The van der Waals surface area contributed by atoms with Gasteiger partial charge >= 0.3 is 0 Å². The van der Waals surface area contributed by atoms with Crippen LogP contribution in [0.3, 0.4) is 0 Å². The average molecular weight is 1710 g/mol. The summed E-state index contributed by atoms with van der Waals surface area (Å²) in [4.78, 5) is 107. The van der Waals surface area contributed by atoms with Gasteiger partial charge in [-0.25, -0.2) is 4.98 Å². The summed E-state index contributed by atoms with van der Waals surface area (Å²) < 4.78 is 6.01. The van der Waals surface area contributed by atoms with Gasteiger partial charge in [0.25, 0.3) is 0 Å². The number of allylic oxidation sites excluding steroid dienone is 14. The maximum absolute atomic E-state index is 11.8. The van der Waals surface area contributed by atoms with E-state index < -0.39 is 0 Å². The van der Waals surface area contributed by atoms with Crippen molar-refractivity contribution in [2.24, 2.45) is 54.7 Å². The number of Topliss-reactive ketones (excluding diaryl/α,β-unsaturated/α-hetero) is 4. The molecule has 3 heterocycles. The minimum atomic E-state index is -0.248. The number of hydrogen-bond donors (Lipinski definition) is 0. The molecular weight excluding hydrogens is 1530 g/mol. The Labute approximate surface area is 753 Å². The third kappa shape index (κ3) is 58.0. The van der Waals surface area contributed by atoms with E-state index in [2.05, 4.69) is 135 Å². The molecule has 3 aromatic heterocycles. The normalized spacial score (nSPS) is 14.7. The van der Waals surface area contributed by atoms with Crippen LogP contribution in [0.15, 0.2) is 146 Å². The van der Waals surface area contributed by atoms with Crippen molar-refractivity contribution in [2.45, 2.75) is 378 Å². The molecule has 4 aliphatic rings. The minimum absolute atomic E-state index is 0.0707. The van der Waals surface area contributed by atoms with Gasteiger partial charge in [0, 0.05) is 92.5 Å². The molecule has 0 radical (unpaired) electrons. The number of hydrogen-bond acceptors (Lipinski definition) is 13. The fourth-order valence-corrected chi connectivity index (χ4v) is 10.4. The Morgan fingerprint density at radius 2 is 0.894 bits per heavy atom. The SMILES string of the molecule is C/C=C/C(=O)C(C)(C)C.C=CC(=O)C(C)(C)C.C=Cc1ccn(C(C)(C)C)n1.C=Cc1nccn1C(C)(C)C.CC(C)(C)C(=O)C1=CCC1.CC(C)(C)C(=O)C1=CCCC1.CC(C)(C)C(=O)C1=CCCCC1.CC(C)(C)C1CCC=CC1=O.CC(C)=CC(=O)C(C)(C)C.CCC(=O)C(C)(C)C.CN(C)C/C=C/C(=O)C(C)(C)C.Cc1ccn(C(C)(C)C)n1. The highest BCUT2D eigenvalue weighted by Gasteiger charge is 2.32. The molecule has 1 atom stereocenters. The summed E-state index contributed by atoms with van der Waals surface area (Å²) in [5.41, 5.74) is 5.04. The van der Waals surface area contributed by atoms with Crippen molar-refractivity contribution in [3.63, 3.8) is 0 Å². The Morgan fingerprint density at radius 1 is 0.480 bits per heavy atom. The van der Waals surface area contributed by atoms with Crippen LogP contribution in [0.2, 0.25) is 0 Å². The van der Waals surface area contributed by atoms with Crippen LogP contribution in [-0.4, -0.2) is 107 Å². The number of carbonyl (C=O) groups is 9. The predicted octanol–water partition coefficient (Wildman–Crippen LogP) is 27.5. The van der Waals surface area contributed by atoms with Crippen molar-refractivity contribution in [3.05, 3.63) is 163 Å². The highest BCUT2D eigenvalue weighted by molar-refractivity contribution is 6.01. The van der Waals surface area contributed by atoms with Crippen LogP contribution in [0.4, 0.5) is 0 Å². The first-order valence-corrected chi connectivity index (χ1v) is 44.5. The van der Waals surface area contributed by atoms with E-state index in [1.807, 2.05) is 278 Å². The van der Waals surface area contributed by atoms with E-state index in [-0.39, 0.29) is 94.4 Å². The maximum Gasteiger partial charge on any atom is 0.163 e. The number of ketones is 9. The summed E-state index contributed by atoms with van der Waals surface area (Å²) in [5, 5.41) is 8.60. The lowest BCUT2D eigenvalue weighted by Gasteiger charge is -2.29. The number of aryl methyl sites for hydroxylation is 1. The molecule has 4 aliphatic carbocycles. The Bertz CT molecular complexity index is 3990. The van der Waals surface area contributed by atoms with Gasteiger partial charge in [-0.2, -0.15) is 10.2 Å². The molecule has 0 aliphatic heterocycles. The molecule has 0 saturated carbocycles. The average Bonchev–Trinajstić information content (AvgIpc) is 1.67. The van der Waals surface area contributed by atoms with Gasteiger partial charge in [0.05, 0.1) is 22.5 Å². The third-order valence-electron chi connectivity index (χ3n) is 18.6.